The number of hydrogen-bond donors (Lipinski definition) is 0. The van der Waals surface area contributed by atoms with Gasteiger partial charge in [-0.3, -0.25) is 9.97 Å². The summed E-state index contributed by atoms with van der Waals surface area (Å²) in [6.45, 7) is 7.78. The Morgan fingerprint density at radius 3 is 1.27 bits per heavy atom. The average Bonchev–Trinajstić information content (AvgIpc) is 3.66. The van der Waals surface area contributed by atoms with Gasteiger partial charge in [0.15, 0.2) is 0 Å². The van der Waals surface area contributed by atoms with E-state index in [1.165, 1.54) is 25.7 Å². The Kier molecular flexibility index (Phi) is 18.8. The Morgan fingerprint density at radius 2 is 1.00 bits per heavy atom. The van der Waals surface area contributed by atoms with Gasteiger partial charge in [0.05, 0.1) is 22.8 Å². The van der Waals surface area contributed by atoms with E-state index in [4.69, 9.17) is 65.6 Å². The third-order valence-electron chi connectivity index (χ3n) is 5.40. The van der Waals surface area contributed by atoms with Crippen LogP contribution in [0.1, 0.15) is 50.9 Å². The Hall–Kier alpha value is -0.781. The van der Waals surface area contributed by atoms with Crippen molar-refractivity contribution in [1.82, 2.24) is 19.8 Å². The number of amidine groups is 2. The van der Waals surface area contributed by atoms with Gasteiger partial charge >= 0.3 is 66.7 Å². The van der Waals surface area contributed by atoms with Crippen LogP contribution in [0.4, 0.5) is 0 Å². The smallest absolute Gasteiger partial charge is 3.00 e. The number of pyridine rings is 2. The molecule has 0 bridgehead atoms. The van der Waals surface area contributed by atoms with Gasteiger partial charge in [-0.1, -0.05) is 12.1 Å². The molecule has 0 spiro atoms. The quantitative estimate of drug-likeness (QED) is 0.119. The molecule has 2 aliphatic heterocycles. The summed E-state index contributed by atoms with van der Waals surface area (Å²) in [5.41, 5.74) is 3.24. The van der Waals surface area contributed by atoms with E-state index in [2.05, 4.69) is 40.2 Å². The minimum absolute atomic E-state index is 0. The van der Waals surface area contributed by atoms with Crippen molar-refractivity contribution in [1.29, 1.82) is 0 Å². The zero-order chi connectivity index (χ0) is 28.7. The van der Waals surface area contributed by atoms with Gasteiger partial charge in [0, 0.05) is 48.9 Å². The third-order valence-corrected chi connectivity index (χ3v) is 6.08. The molecular weight excluding hydrogens is 718 g/mol. The fourth-order valence-electron chi connectivity index (χ4n) is 3.43. The first-order chi connectivity index (χ1) is 18.5. The maximum absolute atomic E-state index is 5.21. The zero-order valence-electron chi connectivity index (χ0n) is 21.9. The molecule has 2 fully saturated rings. The molecule has 4 rings (SSSR count). The maximum atomic E-state index is 5.21. The van der Waals surface area contributed by atoms with Crippen LogP contribution in [0, 0.1) is 0 Å². The maximum Gasteiger partial charge on any atom is 3.00 e. The summed E-state index contributed by atoms with van der Waals surface area (Å²) in [4.78, 5) is 12.6. The van der Waals surface area contributed by atoms with E-state index in [-0.39, 0.29) is 17.1 Å². The van der Waals surface area contributed by atoms with Crippen LogP contribution in [0.3, 0.4) is 0 Å². The fraction of sp³-hybridized carbons (Fsp3) is 0.417. The van der Waals surface area contributed by atoms with Crippen LogP contribution in [0.25, 0.3) is 0 Å². The van der Waals surface area contributed by atoms with E-state index >= 15 is 0 Å². The standard InChI is InChI=1S/2C12H16N4S.4ClH.2Fe/c2*1-10(11-6-2-3-7-13-11)14-15-12(17)16-8-4-5-9-16;;;;;;/h2*2-3,6-7H,4-5,8-9H2,1H3,(H,15,17);4*1H;;/q;;;;;;2*+3/p-6/b2*14-10+;;;;;;. The van der Waals surface area contributed by atoms with Gasteiger partial charge in [-0.15, -0.1) is 0 Å². The summed E-state index contributed by atoms with van der Waals surface area (Å²) in [6, 6.07) is 11.4. The molecule has 0 aliphatic carbocycles. The second-order valence-electron chi connectivity index (χ2n) is 8.26. The fourth-order valence-corrected chi connectivity index (χ4v) is 3.88. The summed E-state index contributed by atoms with van der Waals surface area (Å²) in [5, 5.41) is 17.6. The molecule has 0 unspecified atom stereocenters. The molecule has 8 nitrogen and oxygen atoms in total. The zero-order valence-corrected chi connectivity index (χ0v) is 28.8. The molecule has 40 heavy (non-hydrogen) atoms. The van der Waals surface area contributed by atoms with Crippen LogP contribution in [-0.4, -0.2) is 67.7 Å². The van der Waals surface area contributed by atoms with Gasteiger partial charge in [-0.25, -0.2) is 0 Å². The molecule has 2 aromatic heterocycles. The van der Waals surface area contributed by atoms with Crippen LogP contribution in [0.15, 0.2) is 69.2 Å². The van der Waals surface area contributed by atoms with Gasteiger partial charge in [-0.2, -0.15) is 20.4 Å². The van der Waals surface area contributed by atoms with Crippen LogP contribution in [0.2, 0.25) is 0 Å². The van der Waals surface area contributed by atoms with E-state index in [0.717, 1.165) is 49.0 Å². The molecule has 2 aromatic rings. The summed E-state index contributed by atoms with van der Waals surface area (Å²) in [6.07, 6.45) is 8.26. The SMILES string of the molecule is C/C(=N\N=C(/[S-])N1CCCC1)c1ccccn1.C/C(=N\N=C(/[S-])N1CCCC1)c1ccccn1.[Cl][Fe-]([Cl])([Cl])[Cl].[Fe+3]. The second-order valence-corrected chi connectivity index (χ2v) is 19.9. The number of hydrogen-bond acceptors (Lipinski definition) is 8. The van der Waals surface area contributed by atoms with Crippen molar-refractivity contribution in [3.8, 4) is 0 Å². The topological polar surface area (TPSA) is 81.7 Å². The largest absolute Gasteiger partial charge is 3.00 e. The van der Waals surface area contributed by atoms with Crippen LogP contribution in [0.5, 0.6) is 0 Å². The van der Waals surface area contributed by atoms with Crippen molar-refractivity contribution in [3.63, 3.8) is 0 Å². The first-order valence-electron chi connectivity index (χ1n) is 12.0. The first-order valence-corrected chi connectivity index (χ1v) is 18.9. The Morgan fingerprint density at radius 1 is 0.675 bits per heavy atom. The van der Waals surface area contributed by atoms with E-state index in [1.54, 1.807) is 12.4 Å². The van der Waals surface area contributed by atoms with Crippen molar-refractivity contribution in [2.24, 2.45) is 20.4 Å². The van der Waals surface area contributed by atoms with E-state index in [1.807, 2.05) is 50.2 Å². The molecule has 222 valence electrons. The number of nitrogens with zero attached hydrogens (tertiary/aromatic N) is 8. The Labute approximate surface area is 277 Å². The molecule has 0 saturated carbocycles. The minimum atomic E-state index is -2.61. The van der Waals surface area contributed by atoms with Gasteiger partial charge in [0.1, 0.15) is 0 Å². The second kappa shape index (κ2) is 20.2. The molecule has 0 N–H and O–H groups in total. The number of rotatable bonds is 4. The minimum Gasteiger partial charge on any atom is 3.00 e. The molecule has 0 aromatic carbocycles. The summed E-state index contributed by atoms with van der Waals surface area (Å²) in [7, 11) is 17.2. The van der Waals surface area contributed by atoms with E-state index in [9.17, 15) is 0 Å². The van der Waals surface area contributed by atoms with Crippen LogP contribution >= 0.6 is 40.4 Å². The molecule has 4 heterocycles. The molecular formula is C24H30Cl4Fe2N8S2. The molecule has 0 amide bonds. The van der Waals surface area contributed by atoms with E-state index in [0.29, 0.717) is 10.3 Å². The van der Waals surface area contributed by atoms with Gasteiger partial charge in [0.2, 0.25) is 0 Å². The summed E-state index contributed by atoms with van der Waals surface area (Å²) in [5.74, 6) is 0. The van der Waals surface area contributed by atoms with Crippen molar-refractivity contribution in [2.45, 2.75) is 39.5 Å². The Bertz CT molecular complexity index is 1040. The number of aromatic nitrogens is 2. The molecule has 16 heteroatoms. The van der Waals surface area contributed by atoms with Crippen molar-refractivity contribution < 1.29 is 26.3 Å². The predicted octanol–water partition coefficient (Wildman–Crippen LogP) is 6.36. The van der Waals surface area contributed by atoms with Crippen molar-refractivity contribution >= 4 is 87.4 Å². The van der Waals surface area contributed by atoms with E-state index < -0.39 is 9.20 Å². The first kappa shape index (κ1) is 37.2. The summed E-state index contributed by atoms with van der Waals surface area (Å²) < 4.78 is 0. The van der Waals surface area contributed by atoms with Gasteiger partial charge in [-0.05, 0) is 63.8 Å². The van der Waals surface area contributed by atoms with Crippen LogP contribution in [-0.2, 0) is 51.5 Å². The predicted molar refractivity (Wildman–Crippen MR) is 168 cm³/mol. The van der Waals surface area contributed by atoms with Crippen LogP contribution < -0.4 is 0 Å². The Balaban J connectivity index is 0.000000336. The molecule has 2 saturated heterocycles. The monoisotopic (exact) mass is 746 g/mol. The van der Waals surface area contributed by atoms with Gasteiger partial charge in [0.25, 0.3) is 0 Å². The molecule has 0 atom stereocenters. The van der Waals surface area contributed by atoms with Crippen molar-refractivity contribution in [3.05, 3.63) is 60.2 Å². The molecule has 1 radical (unpaired) electrons. The summed E-state index contributed by atoms with van der Waals surface area (Å²) >= 11 is 10.4. The number of halogens is 4. The normalized spacial score (nSPS) is 16.9. The average molecular weight is 748 g/mol. The third kappa shape index (κ3) is 16.0. The number of likely N-dealkylation sites (tertiary alicyclic amines) is 2. The van der Waals surface area contributed by atoms with Crippen molar-refractivity contribution in [2.75, 3.05) is 26.2 Å². The molecule has 2 aliphatic rings. The van der Waals surface area contributed by atoms with Gasteiger partial charge < -0.3 is 35.1 Å².